The molecule has 0 aliphatic carbocycles. The number of carbonyl (C=O) groups is 1. The minimum absolute atomic E-state index is 0.0431. The van der Waals surface area contributed by atoms with Crippen molar-refractivity contribution in [3.05, 3.63) is 0 Å². The first-order chi connectivity index (χ1) is 5.16. The van der Waals surface area contributed by atoms with E-state index in [9.17, 15) is 9.90 Å². The van der Waals surface area contributed by atoms with Crippen LogP contribution in [0.5, 0.6) is 0 Å². The maximum Gasteiger partial charge on any atom is 0.246 e. The third-order valence-corrected chi connectivity index (χ3v) is 1.95. The van der Waals surface area contributed by atoms with Gasteiger partial charge in [0.1, 0.15) is 0 Å². The van der Waals surface area contributed by atoms with Gasteiger partial charge >= 0.3 is 0 Å². The minimum Gasteiger partial charge on any atom is -0.391 e. The molecule has 1 rings (SSSR count). The van der Waals surface area contributed by atoms with Crippen molar-refractivity contribution < 1.29 is 14.7 Å². The zero-order chi connectivity index (χ0) is 8.43. The number of amides is 1. The van der Waals surface area contributed by atoms with Crippen LogP contribution in [0.25, 0.3) is 0 Å². The summed E-state index contributed by atoms with van der Waals surface area (Å²) in [7, 11) is 1.44. The first-order valence-electron chi connectivity index (χ1n) is 3.71. The molecule has 2 atom stereocenters. The Morgan fingerprint density at radius 1 is 1.82 bits per heavy atom. The van der Waals surface area contributed by atoms with Gasteiger partial charge in [-0.15, -0.1) is 0 Å². The summed E-state index contributed by atoms with van der Waals surface area (Å²) in [6.07, 6.45) is 0.648. The van der Waals surface area contributed by atoms with Gasteiger partial charge in [0.15, 0.2) is 0 Å². The van der Waals surface area contributed by atoms with Gasteiger partial charge in [0.05, 0.1) is 19.3 Å². The summed E-state index contributed by atoms with van der Waals surface area (Å²) in [5, 5.41) is 10.5. The molecule has 4 nitrogen and oxygen atoms in total. The summed E-state index contributed by atoms with van der Waals surface area (Å²) in [4.78, 5) is 15.8. The van der Waals surface area contributed by atoms with Crippen LogP contribution < -0.4 is 0 Å². The van der Waals surface area contributed by atoms with E-state index in [1.807, 2.05) is 0 Å². The fourth-order valence-corrected chi connectivity index (χ4v) is 1.36. The molecule has 0 aromatic carbocycles. The fourth-order valence-electron chi connectivity index (χ4n) is 1.36. The van der Waals surface area contributed by atoms with Crippen LogP contribution in [-0.4, -0.2) is 35.3 Å². The molecule has 1 amide bonds. The fraction of sp³-hybridized carbons (Fsp3) is 0.857. The van der Waals surface area contributed by atoms with Gasteiger partial charge in [0.2, 0.25) is 5.91 Å². The monoisotopic (exact) mass is 159 g/mol. The molecule has 1 fully saturated rings. The van der Waals surface area contributed by atoms with Gasteiger partial charge in [0.25, 0.3) is 0 Å². The predicted octanol–water partition coefficient (Wildman–Crippen LogP) is -0.0804. The first-order valence-corrected chi connectivity index (χ1v) is 3.71. The standard InChI is InChI=1S/C7H13NO3/c1-5(9)6-3-4-7(10)8(6)11-2/h5-6,9H,3-4H2,1-2H3. The summed E-state index contributed by atoms with van der Waals surface area (Å²) in [6.45, 7) is 1.66. The second-order valence-corrected chi connectivity index (χ2v) is 2.75. The summed E-state index contributed by atoms with van der Waals surface area (Å²) < 4.78 is 0. The number of aliphatic hydroxyl groups is 1. The van der Waals surface area contributed by atoms with Gasteiger partial charge in [-0.25, -0.2) is 5.06 Å². The van der Waals surface area contributed by atoms with E-state index < -0.39 is 6.10 Å². The number of aliphatic hydroxyl groups excluding tert-OH is 1. The zero-order valence-electron chi connectivity index (χ0n) is 6.78. The molecule has 1 saturated heterocycles. The van der Waals surface area contributed by atoms with Gasteiger partial charge in [-0.3, -0.25) is 9.63 Å². The van der Waals surface area contributed by atoms with Gasteiger partial charge < -0.3 is 5.11 Å². The van der Waals surface area contributed by atoms with Crippen LogP contribution >= 0.6 is 0 Å². The molecule has 0 bridgehead atoms. The third kappa shape index (κ3) is 1.52. The largest absolute Gasteiger partial charge is 0.391 e. The average molecular weight is 159 g/mol. The Bertz CT molecular complexity index is 158. The average Bonchev–Trinajstić information content (AvgIpc) is 2.30. The Kier molecular flexibility index (Phi) is 2.46. The van der Waals surface area contributed by atoms with E-state index in [1.54, 1.807) is 6.92 Å². The van der Waals surface area contributed by atoms with Crippen molar-refractivity contribution in [1.29, 1.82) is 0 Å². The van der Waals surface area contributed by atoms with Gasteiger partial charge in [0, 0.05) is 6.42 Å². The molecule has 0 radical (unpaired) electrons. The number of nitrogens with zero attached hydrogens (tertiary/aromatic N) is 1. The summed E-state index contributed by atoms with van der Waals surface area (Å²) in [5.41, 5.74) is 0. The molecular weight excluding hydrogens is 146 g/mol. The molecule has 0 aromatic heterocycles. The van der Waals surface area contributed by atoms with Crippen LogP contribution in [0.15, 0.2) is 0 Å². The number of rotatable bonds is 2. The van der Waals surface area contributed by atoms with Crippen molar-refractivity contribution in [2.75, 3.05) is 7.11 Å². The van der Waals surface area contributed by atoms with E-state index >= 15 is 0 Å². The van der Waals surface area contributed by atoms with Crippen molar-refractivity contribution in [2.45, 2.75) is 31.9 Å². The Balaban J connectivity index is 2.61. The Hall–Kier alpha value is -0.610. The van der Waals surface area contributed by atoms with Crippen molar-refractivity contribution in [3.63, 3.8) is 0 Å². The van der Waals surface area contributed by atoms with E-state index in [2.05, 4.69) is 0 Å². The molecule has 1 aliphatic rings. The molecule has 0 spiro atoms. The van der Waals surface area contributed by atoms with Crippen LogP contribution in [0, 0.1) is 0 Å². The highest BCUT2D eigenvalue weighted by atomic mass is 16.7. The van der Waals surface area contributed by atoms with Crippen LogP contribution in [-0.2, 0) is 9.63 Å². The minimum atomic E-state index is -0.513. The highest BCUT2D eigenvalue weighted by Crippen LogP contribution is 2.20. The molecule has 2 unspecified atom stereocenters. The summed E-state index contributed by atoms with van der Waals surface area (Å²) >= 11 is 0. The molecule has 1 heterocycles. The van der Waals surface area contributed by atoms with Gasteiger partial charge in [-0.2, -0.15) is 0 Å². The van der Waals surface area contributed by atoms with Crippen molar-refractivity contribution in [1.82, 2.24) is 5.06 Å². The maximum absolute atomic E-state index is 11.0. The van der Waals surface area contributed by atoms with E-state index in [0.717, 1.165) is 0 Å². The SMILES string of the molecule is CON1C(=O)CCC1C(C)O. The molecule has 1 aliphatic heterocycles. The summed E-state index contributed by atoms with van der Waals surface area (Å²) in [6, 6.07) is -0.160. The van der Waals surface area contributed by atoms with Crippen molar-refractivity contribution >= 4 is 5.91 Å². The Morgan fingerprint density at radius 3 is 2.82 bits per heavy atom. The van der Waals surface area contributed by atoms with Crippen LogP contribution in [0.4, 0.5) is 0 Å². The Labute approximate surface area is 65.7 Å². The first kappa shape index (κ1) is 8.49. The Morgan fingerprint density at radius 2 is 2.45 bits per heavy atom. The summed E-state index contributed by atoms with van der Waals surface area (Å²) in [5.74, 6) is -0.0431. The van der Waals surface area contributed by atoms with Gasteiger partial charge in [-0.1, -0.05) is 0 Å². The van der Waals surface area contributed by atoms with Crippen molar-refractivity contribution in [2.24, 2.45) is 0 Å². The number of hydrogen-bond acceptors (Lipinski definition) is 3. The maximum atomic E-state index is 11.0. The smallest absolute Gasteiger partial charge is 0.246 e. The lowest BCUT2D eigenvalue weighted by atomic mass is 10.1. The zero-order valence-corrected chi connectivity index (χ0v) is 6.78. The molecule has 11 heavy (non-hydrogen) atoms. The lowest BCUT2D eigenvalue weighted by molar-refractivity contribution is -0.185. The molecule has 0 saturated carbocycles. The second kappa shape index (κ2) is 3.19. The van der Waals surface area contributed by atoms with E-state index in [1.165, 1.54) is 12.2 Å². The molecule has 4 heteroatoms. The second-order valence-electron chi connectivity index (χ2n) is 2.75. The van der Waals surface area contributed by atoms with Crippen molar-refractivity contribution in [3.8, 4) is 0 Å². The molecular formula is C7H13NO3. The third-order valence-electron chi connectivity index (χ3n) is 1.95. The van der Waals surface area contributed by atoms with E-state index in [4.69, 9.17) is 4.84 Å². The van der Waals surface area contributed by atoms with E-state index in [0.29, 0.717) is 12.8 Å². The quantitative estimate of drug-likeness (QED) is 0.613. The molecule has 1 N–H and O–H groups in total. The van der Waals surface area contributed by atoms with Crippen LogP contribution in [0.3, 0.4) is 0 Å². The molecule has 64 valence electrons. The number of hydroxylamine groups is 2. The number of carbonyl (C=O) groups excluding carboxylic acids is 1. The number of hydrogen-bond donors (Lipinski definition) is 1. The lowest BCUT2D eigenvalue weighted by Gasteiger charge is -2.23. The predicted molar refractivity (Wildman–Crippen MR) is 38.6 cm³/mol. The highest BCUT2D eigenvalue weighted by Gasteiger charge is 2.34. The lowest BCUT2D eigenvalue weighted by Crippen LogP contribution is -2.38. The highest BCUT2D eigenvalue weighted by molar-refractivity contribution is 5.77. The van der Waals surface area contributed by atoms with Crippen LogP contribution in [0.1, 0.15) is 19.8 Å². The van der Waals surface area contributed by atoms with Crippen LogP contribution in [0.2, 0.25) is 0 Å². The normalized spacial score (nSPS) is 27.7. The van der Waals surface area contributed by atoms with Gasteiger partial charge in [-0.05, 0) is 13.3 Å². The molecule has 0 aromatic rings. The van der Waals surface area contributed by atoms with E-state index in [-0.39, 0.29) is 11.9 Å². The topological polar surface area (TPSA) is 49.8 Å².